The molecule has 0 fully saturated rings. The second-order valence-corrected chi connectivity index (χ2v) is 4.59. The first-order chi connectivity index (χ1) is 8.27. The summed E-state index contributed by atoms with van der Waals surface area (Å²) in [5.41, 5.74) is 0. The molecule has 0 aromatic heterocycles. The van der Waals surface area contributed by atoms with Gasteiger partial charge in [-0.25, -0.2) is 0 Å². The van der Waals surface area contributed by atoms with Crippen LogP contribution in [-0.4, -0.2) is 52.7 Å². The zero-order chi connectivity index (χ0) is 14.3. The monoisotopic (exact) mass is 260 g/mol. The van der Waals surface area contributed by atoms with E-state index in [2.05, 4.69) is 10.6 Å². The summed E-state index contributed by atoms with van der Waals surface area (Å²) in [6.07, 6.45) is 0.377. The summed E-state index contributed by atoms with van der Waals surface area (Å²) in [4.78, 5) is 22.5. The molecule has 0 aromatic carbocycles. The van der Waals surface area contributed by atoms with Gasteiger partial charge in [0.1, 0.15) is 6.04 Å². The molecule has 0 aliphatic heterocycles. The van der Waals surface area contributed by atoms with Crippen molar-refractivity contribution in [1.29, 1.82) is 0 Å². The fraction of sp³-hybridized carbons (Fsp3) is 0.800. The van der Waals surface area contributed by atoms with Gasteiger partial charge in [0.2, 0.25) is 11.8 Å². The molecule has 0 spiro atoms. The first-order valence-electron chi connectivity index (χ1n) is 5.82. The lowest BCUT2D eigenvalue weighted by atomic mass is 9.75. The van der Waals surface area contributed by atoms with Crippen molar-refractivity contribution in [3.05, 3.63) is 0 Å². The highest BCUT2D eigenvalue weighted by molar-refractivity contribution is 6.43. The van der Waals surface area contributed by atoms with Crippen molar-refractivity contribution in [2.24, 2.45) is 5.92 Å². The van der Waals surface area contributed by atoms with Crippen molar-refractivity contribution in [2.75, 3.05) is 6.61 Å². The van der Waals surface area contributed by atoms with Crippen LogP contribution in [-0.2, 0) is 9.59 Å². The molecule has 0 bridgehead atoms. The van der Waals surface area contributed by atoms with Crippen molar-refractivity contribution in [1.82, 2.24) is 10.6 Å². The molecule has 0 rings (SSSR count). The van der Waals surface area contributed by atoms with Gasteiger partial charge in [0.15, 0.2) is 0 Å². The van der Waals surface area contributed by atoms with E-state index in [-0.39, 0.29) is 5.92 Å². The van der Waals surface area contributed by atoms with Gasteiger partial charge in [-0.1, -0.05) is 13.8 Å². The standard InChI is InChI=1S/C10H21BN2O5/c1-6(2)4-9(11(17)18)13-10(16)8(5-14)12-7(3)15/h6,8-9,14,17-18H,4-5H2,1-3H3,(H,12,15)(H,13,16). The fourth-order valence-electron chi connectivity index (χ4n) is 1.49. The predicted molar refractivity (Wildman–Crippen MR) is 66.3 cm³/mol. The van der Waals surface area contributed by atoms with Gasteiger partial charge < -0.3 is 25.8 Å². The average Bonchev–Trinajstić information content (AvgIpc) is 2.23. The quantitative estimate of drug-likeness (QED) is 0.340. The Balaban J connectivity index is 4.51. The van der Waals surface area contributed by atoms with Crippen LogP contribution in [0.5, 0.6) is 0 Å². The number of rotatable bonds is 7. The topological polar surface area (TPSA) is 119 Å². The van der Waals surface area contributed by atoms with E-state index in [4.69, 9.17) is 15.2 Å². The van der Waals surface area contributed by atoms with E-state index in [1.807, 2.05) is 13.8 Å². The average molecular weight is 260 g/mol. The molecule has 8 heteroatoms. The third kappa shape index (κ3) is 6.58. The van der Waals surface area contributed by atoms with Crippen molar-refractivity contribution in [2.45, 2.75) is 39.2 Å². The van der Waals surface area contributed by atoms with Crippen LogP contribution in [0.4, 0.5) is 0 Å². The first kappa shape index (κ1) is 16.9. The molecule has 5 N–H and O–H groups in total. The minimum atomic E-state index is -1.69. The molecule has 0 aromatic rings. The maximum atomic E-state index is 11.7. The molecule has 0 aliphatic carbocycles. The second kappa shape index (κ2) is 8.07. The van der Waals surface area contributed by atoms with Crippen LogP contribution in [0.2, 0.25) is 0 Å². The number of hydrogen-bond donors (Lipinski definition) is 5. The Hall–Kier alpha value is -1.12. The number of nitrogens with one attached hydrogen (secondary N) is 2. The Labute approximate surface area is 107 Å². The summed E-state index contributed by atoms with van der Waals surface area (Å²) in [6.45, 7) is 4.42. The number of hydrogen-bond acceptors (Lipinski definition) is 5. The second-order valence-electron chi connectivity index (χ2n) is 4.59. The molecule has 0 saturated heterocycles. The third-order valence-corrected chi connectivity index (χ3v) is 2.29. The fourth-order valence-corrected chi connectivity index (χ4v) is 1.49. The Morgan fingerprint density at radius 3 is 2.11 bits per heavy atom. The molecule has 0 heterocycles. The minimum absolute atomic E-state index is 0.158. The zero-order valence-corrected chi connectivity index (χ0v) is 10.9. The molecule has 104 valence electrons. The van der Waals surface area contributed by atoms with E-state index in [9.17, 15) is 9.59 Å². The molecular weight excluding hydrogens is 239 g/mol. The number of carbonyl (C=O) groups is 2. The third-order valence-electron chi connectivity index (χ3n) is 2.29. The highest BCUT2D eigenvalue weighted by atomic mass is 16.4. The van der Waals surface area contributed by atoms with Gasteiger partial charge in [0, 0.05) is 6.92 Å². The summed E-state index contributed by atoms with van der Waals surface area (Å²) < 4.78 is 0. The lowest BCUT2D eigenvalue weighted by Crippen LogP contribution is -2.55. The van der Waals surface area contributed by atoms with Crippen molar-refractivity contribution in [3.8, 4) is 0 Å². The predicted octanol–water partition coefficient (Wildman–Crippen LogP) is -1.97. The van der Waals surface area contributed by atoms with Gasteiger partial charge >= 0.3 is 7.12 Å². The maximum Gasteiger partial charge on any atom is 0.475 e. The molecule has 2 amide bonds. The smallest absolute Gasteiger partial charge is 0.426 e. The lowest BCUT2D eigenvalue weighted by Gasteiger charge is -2.22. The molecule has 18 heavy (non-hydrogen) atoms. The van der Waals surface area contributed by atoms with E-state index in [0.717, 1.165) is 0 Å². The number of amides is 2. The summed E-state index contributed by atoms with van der Waals surface area (Å²) in [7, 11) is -1.69. The number of aliphatic hydroxyl groups is 1. The van der Waals surface area contributed by atoms with E-state index in [0.29, 0.717) is 6.42 Å². The molecule has 0 saturated carbocycles. The van der Waals surface area contributed by atoms with E-state index < -0.39 is 37.5 Å². The summed E-state index contributed by atoms with van der Waals surface area (Å²) in [5.74, 6) is -1.77. The van der Waals surface area contributed by atoms with Crippen LogP contribution < -0.4 is 10.6 Å². The highest BCUT2D eigenvalue weighted by Gasteiger charge is 2.29. The molecule has 2 atom stereocenters. The normalized spacial score (nSPS) is 13.9. The summed E-state index contributed by atoms with van der Waals surface area (Å²) in [5, 5.41) is 31.9. The zero-order valence-electron chi connectivity index (χ0n) is 10.9. The van der Waals surface area contributed by atoms with Crippen LogP contribution in [0, 0.1) is 5.92 Å². The number of aliphatic hydroxyl groups excluding tert-OH is 1. The van der Waals surface area contributed by atoms with Gasteiger partial charge in [0.05, 0.1) is 12.5 Å². The largest absolute Gasteiger partial charge is 0.475 e. The van der Waals surface area contributed by atoms with Crippen LogP contribution in [0.3, 0.4) is 0 Å². The molecule has 0 aliphatic rings. The van der Waals surface area contributed by atoms with Gasteiger partial charge in [-0.15, -0.1) is 0 Å². The summed E-state index contributed by atoms with van der Waals surface area (Å²) >= 11 is 0. The maximum absolute atomic E-state index is 11.7. The van der Waals surface area contributed by atoms with Gasteiger partial charge in [-0.2, -0.15) is 0 Å². The SMILES string of the molecule is CC(=O)NC(CO)C(=O)NC(CC(C)C)B(O)O. The first-order valence-corrected chi connectivity index (χ1v) is 5.82. The minimum Gasteiger partial charge on any atom is -0.426 e. The van der Waals surface area contributed by atoms with E-state index in [1.165, 1.54) is 6.92 Å². The van der Waals surface area contributed by atoms with Crippen molar-refractivity contribution < 1.29 is 24.7 Å². The molecular formula is C10H21BN2O5. The van der Waals surface area contributed by atoms with Gasteiger partial charge in [-0.3, -0.25) is 9.59 Å². The highest BCUT2D eigenvalue weighted by Crippen LogP contribution is 2.05. The molecule has 7 nitrogen and oxygen atoms in total. The Morgan fingerprint density at radius 2 is 1.78 bits per heavy atom. The van der Waals surface area contributed by atoms with Crippen LogP contribution in [0.25, 0.3) is 0 Å². The van der Waals surface area contributed by atoms with Crippen LogP contribution in [0.15, 0.2) is 0 Å². The molecule has 2 unspecified atom stereocenters. The lowest BCUT2D eigenvalue weighted by molar-refractivity contribution is -0.129. The Morgan fingerprint density at radius 1 is 1.22 bits per heavy atom. The van der Waals surface area contributed by atoms with Crippen LogP contribution >= 0.6 is 0 Å². The molecule has 0 radical (unpaired) electrons. The van der Waals surface area contributed by atoms with Crippen molar-refractivity contribution in [3.63, 3.8) is 0 Å². The number of carbonyl (C=O) groups excluding carboxylic acids is 2. The Kier molecular flexibility index (Phi) is 7.57. The van der Waals surface area contributed by atoms with Crippen molar-refractivity contribution >= 4 is 18.9 Å². The summed E-state index contributed by atoms with van der Waals surface area (Å²) in [6, 6.07) is -1.09. The van der Waals surface area contributed by atoms with Crippen LogP contribution in [0.1, 0.15) is 27.2 Å². The Bertz CT molecular complexity index is 285. The van der Waals surface area contributed by atoms with Gasteiger partial charge in [-0.05, 0) is 12.3 Å². The van der Waals surface area contributed by atoms with E-state index >= 15 is 0 Å². The van der Waals surface area contributed by atoms with Gasteiger partial charge in [0.25, 0.3) is 0 Å². The van der Waals surface area contributed by atoms with E-state index in [1.54, 1.807) is 0 Å².